The van der Waals surface area contributed by atoms with Gasteiger partial charge in [-0.2, -0.15) is 0 Å². The van der Waals surface area contributed by atoms with Crippen molar-refractivity contribution in [2.45, 2.75) is 38.1 Å². The first-order valence-corrected chi connectivity index (χ1v) is 10.0. The molecule has 0 unspecified atom stereocenters. The maximum Gasteiger partial charge on any atom is 0.270 e. The smallest absolute Gasteiger partial charge is 0.270 e. The summed E-state index contributed by atoms with van der Waals surface area (Å²) in [6.07, 6.45) is 8.49. The average molecular weight is 407 g/mol. The second kappa shape index (κ2) is 9.82. The van der Waals surface area contributed by atoms with E-state index in [1.165, 1.54) is 30.7 Å². The van der Waals surface area contributed by atoms with Crippen LogP contribution in [0.5, 0.6) is 0 Å². The van der Waals surface area contributed by atoms with E-state index in [-0.39, 0.29) is 17.5 Å². The van der Waals surface area contributed by atoms with Crippen molar-refractivity contribution < 1.29 is 14.5 Å². The van der Waals surface area contributed by atoms with Crippen LogP contribution in [0.15, 0.2) is 54.6 Å². The Balaban J connectivity index is 1.58. The van der Waals surface area contributed by atoms with Crippen molar-refractivity contribution in [3.8, 4) is 0 Å². The van der Waals surface area contributed by atoms with Crippen LogP contribution < -0.4 is 5.32 Å². The van der Waals surface area contributed by atoms with Gasteiger partial charge in [0.15, 0.2) is 0 Å². The Morgan fingerprint density at radius 2 is 1.80 bits per heavy atom. The Morgan fingerprint density at radius 1 is 1.10 bits per heavy atom. The molecule has 1 aliphatic carbocycles. The monoisotopic (exact) mass is 407 g/mol. The number of benzene rings is 2. The van der Waals surface area contributed by atoms with Gasteiger partial charge in [-0.05, 0) is 48.7 Å². The fraction of sp³-hybridized carbons (Fsp3) is 0.304. The summed E-state index contributed by atoms with van der Waals surface area (Å²) >= 11 is 0. The summed E-state index contributed by atoms with van der Waals surface area (Å²) < 4.78 is 0. The van der Waals surface area contributed by atoms with E-state index < -0.39 is 4.92 Å². The van der Waals surface area contributed by atoms with Crippen LogP contribution >= 0.6 is 0 Å². The number of carbonyl (C=O) groups excluding carboxylic acids is 2. The van der Waals surface area contributed by atoms with Crippen molar-refractivity contribution in [3.63, 3.8) is 0 Å². The van der Waals surface area contributed by atoms with Crippen molar-refractivity contribution in [1.29, 1.82) is 0 Å². The molecule has 0 radical (unpaired) electrons. The molecule has 1 N–H and O–H groups in total. The SMILES string of the molecule is CN(C(=O)c1ccc(NC(=O)/C=C/c2cccc([N+](=O)[O-])c2)cc1)C1CCCCC1. The van der Waals surface area contributed by atoms with Crippen LogP contribution in [-0.2, 0) is 4.79 Å². The largest absolute Gasteiger partial charge is 0.339 e. The lowest BCUT2D eigenvalue weighted by Gasteiger charge is -2.31. The summed E-state index contributed by atoms with van der Waals surface area (Å²) in [7, 11) is 1.85. The van der Waals surface area contributed by atoms with E-state index in [0.717, 1.165) is 25.7 Å². The van der Waals surface area contributed by atoms with Crippen molar-refractivity contribution in [3.05, 3.63) is 75.8 Å². The second-order valence-corrected chi connectivity index (χ2v) is 7.46. The topological polar surface area (TPSA) is 92.6 Å². The standard InChI is InChI=1S/C23H25N3O4/c1-25(20-7-3-2-4-8-20)23(28)18-11-13-19(14-12-18)24-22(27)15-10-17-6-5-9-21(16-17)26(29)30/h5-6,9-16,20H,2-4,7-8H2,1H3,(H,24,27)/b15-10+. The lowest BCUT2D eigenvalue weighted by atomic mass is 9.94. The molecular weight excluding hydrogens is 382 g/mol. The van der Waals surface area contributed by atoms with Gasteiger partial charge >= 0.3 is 0 Å². The summed E-state index contributed by atoms with van der Waals surface area (Å²) in [4.78, 5) is 37.0. The molecule has 0 heterocycles. The highest BCUT2D eigenvalue weighted by Crippen LogP contribution is 2.23. The Morgan fingerprint density at radius 3 is 2.47 bits per heavy atom. The van der Waals surface area contributed by atoms with Crippen LogP contribution in [0, 0.1) is 10.1 Å². The van der Waals surface area contributed by atoms with Gasteiger partial charge in [0.05, 0.1) is 4.92 Å². The zero-order valence-corrected chi connectivity index (χ0v) is 16.9. The third-order valence-corrected chi connectivity index (χ3v) is 5.35. The first-order valence-electron chi connectivity index (χ1n) is 10.0. The van der Waals surface area contributed by atoms with E-state index in [1.54, 1.807) is 36.4 Å². The van der Waals surface area contributed by atoms with Crippen molar-refractivity contribution >= 4 is 29.3 Å². The molecule has 0 aromatic heterocycles. The van der Waals surface area contributed by atoms with Gasteiger partial charge in [0, 0.05) is 42.5 Å². The summed E-state index contributed by atoms with van der Waals surface area (Å²) in [6, 6.07) is 13.1. The second-order valence-electron chi connectivity index (χ2n) is 7.46. The predicted octanol–water partition coefficient (Wildman–Crippen LogP) is 4.65. The summed E-state index contributed by atoms with van der Waals surface area (Å²) in [5.41, 5.74) is 1.69. The number of nitrogens with zero attached hydrogens (tertiary/aromatic N) is 2. The number of non-ortho nitro benzene ring substituents is 1. The Kier molecular flexibility index (Phi) is 6.95. The van der Waals surface area contributed by atoms with Gasteiger partial charge in [-0.15, -0.1) is 0 Å². The Hall–Kier alpha value is -3.48. The normalized spacial score (nSPS) is 14.4. The van der Waals surface area contributed by atoms with Crippen molar-refractivity contribution in [1.82, 2.24) is 4.90 Å². The molecular formula is C23H25N3O4. The number of hydrogen-bond donors (Lipinski definition) is 1. The van der Waals surface area contributed by atoms with Crippen molar-refractivity contribution in [2.24, 2.45) is 0 Å². The molecule has 2 amide bonds. The summed E-state index contributed by atoms with van der Waals surface area (Å²) in [6.45, 7) is 0. The Labute approximate surface area is 175 Å². The molecule has 2 aromatic rings. The molecule has 3 rings (SSSR count). The van der Waals surface area contributed by atoms with E-state index in [2.05, 4.69) is 5.32 Å². The molecule has 0 saturated heterocycles. The van der Waals surface area contributed by atoms with E-state index in [1.807, 2.05) is 11.9 Å². The molecule has 1 saturated carbocycles. The molecule has 0 atom stereocenters. The van der Waals surface area contributed by atoms with E-state index in [0.29, 0.717) is 22.9 Å². The van der Waals surface area contributed by atoms with Gasteiger partial charge in [0.1, 0.15) is 0 Å². The van der Waals surface area contributed by atoms with Crippen molar-refractivity contribution in [2.75, 3.05) is 12.4 Å². The lowest BCUT2D eigenvalue weighted by molar-refractivity contribution is -0.384. The first-order chi connectivity index (χ1) is 14.4. The van der Waals surface area contributed by atoms with Crippen LogP contribution in [0.1, 0.15) is 48.0 Å². The number of nitrogens with one attached hydrogen (secondary N) is 1. The minimum atomic E-state index is -0.480. The van der Waals surface area contributed by atoms with Gasteiger partial charge in [-0.3, -0.25) is 19.7 Å². The fourth-order valence-electron chi connectivity index (χ4n) is 3.63. The van der Waals surface area contributed by atoms with Crippen LogP contribution in [-0.4, -0.2) is 34.7 Å². The molecule has 0 bridgehead atoms. The van der Waals surface area contributed by atoms with E-state index in [4.69, 9.17) is 0 Å². The summed E-state index contributed by atoms with van der Waals surface area (Å²) in [5, 5.41) is 13.5. The number of nitro groups is 1. The maximum atomic E-state index is 12.7. The molecule has 156 valence electrons. The number of anilines is 1. The summed E-state index contributed by atoms with van der Waals surface area (Å²) in [5.74, 6) is -0.370. The van der Waals surface area contributed by atoms with Crippen LogP contribution in [0.2, 0.25) is 0 Å². The first kappa shape index (κ1) is 21.2. The van der Waals surface area contributed by atoms with E-state index >= 15 is 0 Å². The Bertz CT molecular complexity index is 947. The van der Waals surface area contributed by atoms with Crippen LogP contribution in [0.3, 0.4) is 0 Å². The molecule has 0 spiro atoms. The van der Waals surface area contributed by atoms with Crippen LogP contribution in [0.4, 0.5) is 11.4 Å². The lowest BCUT2D eigenvalue weighted by Crippen LogP contribution is -2.38. The number of rotatable bonds is 6. The molecule has 2 aromatic carbocycles. The molecule has 0 aliphatic heterocycles. The number of nitro benzene ring substituents is 1. The van der Waals surface area contributed by atoms with Gasteiger partial charge in [-0.25, -0.2) is 0 Å². The maximum absolute atomic E-state index is 12.7. The van der Waals surface area contributed by atoms with Crippen LogP contribution in [0.25, 0.3) is 6.08 Å². The quantitative estimate of drug-likeness (QED) is 0.428. The highest BCUT2D eigenvalue weighted by atomic mass is 16.6. The number of amides is 2. The minimum Gasteiger partial charge on any atom is -0.339 e. The molecule has 1 fully saturated rings. The predicted molar refractivity (Wildman–Crippen MR) is 116 cm³/mol. The highest BCUT2D eigenvalue weighted by molar-refractivity contribution is 6.02. The van der Waals surface area contributed by atoms with Gasteiger partial charge in [-0.1, -0.05) is 31.4 Å². The van der Waals surface area contributed by atoms with Gasteiger partial charge in [0.25, 0.3) is 11.6 Å². The van der Waals surface area contributed by atoms with Gasteiger partial charge < -0.3 is 10.2 Å². The van der Waals surface area contributed by atoms with E-state index in [9.17, 15) is 19.7 Å². The zero-order chi connectivity index (χ0) is 21.5. The van der Waals surface area contributed by atoms with Gasteiger partial charge in [0.2, 0.25) is 5.91 Å². The minimum absolute atomic E-state index is 0.00894. The molecule has 30 heavy (non-hydrogen) atoms. The fourth-order valence-corrected chi connectivity index (χ4v) is 3.63. The molecule has 7 heteroatoms. The third-order valence-electron chi connectivity index (χ3n) is 5.35. The highest BCUT2D eigenvalue weighted by Gasteiger charge is 2.22. The molecule has 1 aliphatic rings. The average Bonchev–Trinajstić information content (AvgIpc) is 2.78. The number of hydrogen-bond acceptors (Lipinski definition) is 4. The molecule has 7 nitrogen and oxygen atoms in total. The zero-order valence-electron chi connectivity index (χ0n) is 16.9. The number of carbonyl (C=O) groups is 2. The third kappa shape index (κ3) is 5.53.